The van der Waals surface area contributed by atoms with Gasteiger partial charge in [-0.2, -0.15) is 0 Å². The number of carbonyl (C=O) groups excluding carboxylic acids is 1. The third kappa shape index (κ3) is 5.19. The lowest BCUT2D eigenvalue weighted by Gasteiger charge is -2.20. The van der Waals surface area contributed by atoms with E-state index in [9.17, 15) is 4.79 Å². The highest BCUT2D eigenvalue weighted by atomic mass is 35.5. The van der Waals surface area contributed by atoms with Crippen molar-refractivity contribution >= 4 is 17.5 Å². The molecule has 0 unspecified atom stereocenters. The number of amides is 1. The minimum absolute atomic E-state index is 0.0448. The van der Waals surface area contributed by atoms with Gasteiger partial charge in [-0.15, -0.1) is 0 Å². The van der Waals surface area contributed by atoms with Gasteiger partial charge in [0.05, 0.1) is 12.6 Å². The molecule has 3 aromatic carbocycles. The molecule has 26 heavy (non-hydrogen) atoms. The second-order valence-electron chi connectivity index (χ2n) is 6.05. The van der Waals surface area contributed by atoms with Crippen molar-refractivity contribution in [1.29, 1.82) is 0 Å². The lowest BCUT2D eigenvalue weighted by Crippen LogP contribution is -2.36. The molecule has 0 fully saturated rings. The van der Waals surface area contributed by atoms with Crippen molar-refractivity contribution in [3.05, 3.63) is 107 Å². The third-order valence-electron chi connectivity index (χ3n) is 4.10. The van der Waals surface area contributed by atoms with Crippen molar-refractivity contribution in [2.75, 3.05) is 6.54 Å². The molecule has 3 aromatic rings. The van der Waals surface area contributed by atoms with Crippen molar-refractivity contribution < 1.29 is 4.79 Å². The number of nitrogens with one attached hydrogen (secondary N) is 2. The summed E-state index contributed by atoms with van der Waals surface area (Å²) in [4.78, 5) is 12.4. The third-order valence-corrected chi connectivity index (χ3v) is 4.35. The van der Waals surface area contributed by atoms with Crippen molar-refractivity contribution in [3.63, 3.8) is 0 Å². The zero-order valence-electron chi connectivity index (χ0n) is 14.4. The Balaban J connectivity index is 1.61. The van der Waals surface area contributed by atoms with Gasteiger partial charge in [0, 0.05) is 11.6 Å². The quantitative estimate of drug-likeness (QED) is 0.655. The van der Waals surface area contributed by atoms with Gasteiger partial charge in [0.2, 0.25) is 5.91 Å². The average Bonchev–Trinajstić information content (AvgIpc) is 2.69. The van der Waals surface area contributed by atoms with Gasteiger partial charge in [-0.3, -0.25) is 4.79 Å². The first kappa shape index (κ1) is 18.2. The van der Waals surface area contributed by atoms with Crippen LogP contribution in [0.3, 0.4) is 0 Å². The van der Waals surface area contributed by atoms with Gasteiger partial charge in [0.1, 0.15) is 0 Å². The molecule has 4 heteroatoms. The Labute approximate surface area is 159 Å². The van der Waals surface area contributed by atoms with Crippen LogP contribution in [-0.2, 0) is 11.3 Å². The molecule has 1 amide bonds. The van der Waals surface area contributed by atoms with E-state index in [4.69, 9.17) is 11.6 Å². The summed E-state index contributed by atoms with van der Waals surface area (Å²) < 4.78 is 0. The lowest BCUT2D eigenvalue weighted by molar-refractivity contribution is -0.120. The highest BCUT2D eigenvalue weighted by molar-refractivity contribution is 6.30. The van der Waals surface area contributed by atoms with Gasteiger partial charge in [-0.1, -0.05) is 84.4 Å². The summed E-state index contributed by atoms with van der Waals surface area (Å²) in [6.07, 6.45) is 0. The fourth-order valence-corrected chi connectivity index (χ4v) is 2.91. The topological polar surface area (TPSA) is 41.1 Å². The normalized spacial score (nSPS) is 10.7. The maximum Gasteiger partial charge on any atom is 0.234 e. The molecule has 0 aliphatic heterocycles. The first-order chi connectivity index (χ1) is 12.7. The Bertz CT molecular complexity index is 780. The molecule has 0 spiro atoms. The minimum Gasteiger partial charge on any atom is -0.344 e. The summed E-state index contributed by atoms with van der Waals surface area (Å²) >= 11 is 5.89. The van der Waals surface area contributed by atoms with Gasteiger partial charge >= 0.3 is 0 Å². The van der Waals surface area contributed by atoms with Crippen LogP contribution in [0.25, 0.3) is 0 Å². The minimum atomic E-state index is -0.165. The van der Waals surface area contributed by atoms with Crippen molar-refractivity contribution in [2.24, 2.45) is 0 Å². The highest BCUT2D eigenvalue weighted by Crippen LogP contribution is 2.21. The van der Waals surface area contributed by atoms with Crippen LogP contribution in [0.15, 0.2) is 84.9 Å². The maximum atomic E-state index is 12.4. The van der Waals surface area contributed by atoms with Crippen LogP contribution in [0.1, 0.15) is 22.7 Å². The summed E-state index contributed by atoms with van der Waals surface area (Å²) in [5.41, 5.74) is 3.21. The van der Waals surface area contributed by atoms with E-state index in [1.165, 1.54) is 0 Å². The van der Waals surface area contributed by atoms with Gasteiger partial charge in [-0.25, -0.2) is 0 Å². The Hall–Kier alpha value is -2.62. The van der Waals surface area contributed by atoms with Crippen LogP contribution in [0.2, 0.25) is 5.02 Å². The van der Waals surface area contributed by atoms with Crippen LogP contribution in [-0.4, -0.2) is 12.5 Å². The Morgan fingerprint density at radius 2 is 1.35 bits per heavy atom. The fourth-order valence-electron chi connectivity index (χ4n) is 2.78. The molecule has 0 atom stereocenters. The van der Waals surface area contributed by atoms with Crippen molar-refractivity contribution in [1.82, 2.24) is 10.6 Å². The SMILES string of the molecule is O=C(CNCc1ccc(Cl)cc1)NC(c1ccccc1)c1ccccc1. The second-order valence-corrected chi connectivity index (χ2v) is 6.49. The van der Waals surface area contributed by atoms with Crippen molar-refractivity contribution in [2.45, 2.75) is 12.6 Å². The molecule has 0 aromatic heterocycles. The van der Waals surface area contributed by atoms with E-state index in [-0.39, 0.29) is 18.5 Å². The molecule has 0 radical (unpaired) electrons. The second kappa shape index (κ2) is 9.18. The first-order valence-corrected chi connectivity index (χ1v) is 8.94. The summed E-state index contributed by atoms with van der Waals surface area (Å²) in [5, 5.41) is 7.00. The Morgan fingerprint density at radius 3 is 1.88 bits per heavy atom. The maximum absolute atomic E-state index is 12.4. The molecule has 3 rings (SSSR count). The molecule has 132 valence electrons. The van der Waals surface area contributed by atoms with E-state index in [2.05, 4.69) is 10.6 Å². The summed E-state index contributed by atoms with van der Waals surface area (Å²) in [5.74, 6) is -0.0448. The number of hydrogen-bond acceptors (Lipinski definition) is 2. The molecule has 0 saturated heterocycles. The molecule has 0 saturated carbocycles. The molecule has 0 bridgehead atoms. The van der Waals surface area contributed by atoms with E-state index < -0.39 is 0 Å². The van der Waals surface area contributed by atoms with E-state index in [1.54, 1.807) is 0 Å². The molecule has 3 nitrogen and oxygen atoms in total. The molecular formula is C22H21ClN2O. The predicted molar refractivity (Wildman–Crippen MR) is 106 cm³/mol. The number of halogens is 1. The van der Waals surface area contributed by atoms with Gasteiger partial charge in [0.25, 0.3) is 0 Å². The number of hydrogen-bond donors (Lipinski definition) is 2. The average molecular weight is 365 g/mol. The molecule has 0 heterocycles. The van der Waals surface area contributed by atoms with Crippen LogP contribution in [0.5, 0.6) is 0 Å². The lowest BCUT2D eigenvalue weighted by atomic mass is 9.99. The fraction of sp³-hybridized carbons (Fsp3) is 0.136. The van der Waals surface area contributed by atoms with E-state index >= 15 is 0 Å². The van der Waals surface area contributed by atoms with Gasteiger partial charge < -0.3 is 10.6 Å². The van der Waals surface area contributed by atoms with Gasteiger partial charge in [-0.05, 0) is 28.8 Å². The van der Waals surface area contributed by atoms with Crippen LogP contribution in [0.4, 0.5) is 0 Å². The highest BCUT2D eigenvalue weighted by Gasteiger charge is 2.16. The predicted octanol–water partition coefficient (Wildman–Crippen LogP) is 4.34. The van der Waals surface area contributed by atoms with E-state index in [0.717, 1.165) is 16.7 Å². The molecule has 0 aliphatic rings. The van der Waals surface area contributed by atoms with Gasteiger partial charge in [0.15, 0.2) is 0 Å². The number of rotatable bonds is 7. The van der Waals surface area contributed by atoms with Crippen molar-refractivity contribution in [3.8, 4) is 0 Å². The standard InChI is InChI=1S/C22H21ClN2O/c23-20-13-11-17(12-14-20)15-24-16-21(26)25-22(18-7-3-1-4-8-18)19-9-5-2-6-10-19/h1-14,22,24H,15-16H2,(H,25,26). The van der Waals surface area contributed by atoms with E-state index in [0.29, 0.717) is 11.6 Å². The summed E-state index contributed by atoms with van der Waals surface area (Å²) in [6, 6.07) is 27.4. The first-order valence-electron chi connectivity index (χ1n) is 8.57. The summed E-state index contributed by atoms with van der Waals surface area (Å²) in [6.45, 7) is 0.866. The Kier molecular flexibility index (Phi) is 6.42. The number of benzene rings is 3. The summed E-state index contributed by atoms with van der Waals surface area (Å²) in [7, 11) is 0. The molecule has 2 N–H and O–H groups in total. The molecular weight excluding hydrogens is 344 g/mol. The Morgan fingerprint density at radius 1 is 0.808 bits per heavy atom. The van der Waals surface area contributed by atoms with Crippen LogP contribution < -0.4 is 10.6 Å². The van der Waals surface area contributed by atoms with Crippen LogP contribution in [0, 0.1) is 0 Å². The van der Waals surface area contributed by atoms with Crippen LogP contribution >= 0.6 is 11.6 Å². The smallest absolute Gasteiger partial charge is 0.234 e. The molecule has 0 aliphatic carbocycles. The zero-order valence-corrected chi connectivity index (χ0v) is 15.1. The number of carbonyl (C=O) groups is 1. The largest absolute Gasteiger partial charge is 0.344 e. The zero-order chi connectivity index (χ0) is 18.2. The monoisotopic (exact) mass is 364 g/mol. The van der Waals surface area contributed by atoms with E-state index in [1.807, 2.05) is 84.9 Å².